The first-order valence-corrected chi connectivity index (χ1v) is 11.5. The zero-order valence-corrected chi connectivity index (χ0v) is 19.4. The van der Waals surface area contributed by atoms with Gasteiger partial charge in [-0.15, -0.1) is 0 Å². The molecule has 4 rings (SSSR count). The summed E-state index contributed by atoms with van der Waals surface area (Å²) in [5.41, 5.74) is 4.93. The van der Waals surface area contributed by atoms with Crippen LogP contribution in [0.2, 0.25) is 0 Å². The first-order valence-electron chi connectivity index (χ1n) is 11.0. The summed E-state index contributed by atoms with van der Waals surface area (Å²) >= 11 is 5.06. The van der Waals surface area contributed by atoms with Crippen LogP contribution in [0.5, 0.6) is 5.75 Å². The van der Waals surface area contributed by atoms with E-state index in [4.69, 9.17) is 21.9 Å². The van der Waals surface area contributed by atoms with Gasteiger partial charge in [-0.2, -0.15) is 0 Å². The van der Waals surface area contributed by atoms with Crippen molar-refractivity contribution in [3.05, 3.63) is 78.4 Å². The van der Waals surface area contributed by atoms with Gasteiger partial charge in [-0.1, -0.05) is 54.7 Å². The number of carbonyl (C=O) groups is 1. The summed E-state index contributed by atoms with van der Waals surface area (Å²) in [5.74, 6) is 1.51. The monoisotopic (exact) mass is 458 g/mol. The number of fused-ring (bicyclic) bond motifs is 1. The van der Waals surface area contributed by atoms with Crippen molar-refractivity contribution < 1.29 is 14.3 Å². The minimum Gasteiger partial charge on any atom is -0.494 e. The number of nitrogens with zero attached hydrogens (tertiary/aromatic N) is 2. The first kappa shape index (κ1) is 22.7. The van der Waals surface area contributed by atoms with Crippen molar-refractivity contribution in [2.75, 3.05) is 13.7 Å². The van der Waals surface area contributed by atoms with E-state index < -0.39 is 0 Å². The van der Waals surface area contributed by atoms with Crippen LogP contribution in [0.25, 0.3) is 28.1 Å². The zero-order chi connectivity index (χ0) is 23.0. The van der Waals surface area contributed by atoms with Gasteiger partial charge < -0.3 is 9.47 Å². The van der Waals surface area contributed by atoms with E-state index in [-0.39, 0.29) is 5.97 Å². The highest BCUT2D eigenvalue weighted by Crippen LogP contribution is 2.31. The summed E-state index contributed by atoms with van der Waals surface area (Å²) < 4.78 is 12.8. The van der Waals surface area contributed by atoms with Gasteiger partial charge in [0, 0.05) is 29.1 Å². The fourth-order valence-electron chi connectivity index (χ4n) is 3.73. The lowest BCUT2D eigenvalue weighted by atomic mass is 10.2. The quantitative estimate of drug-likeness (QED) is 0.162. The number of rotatable bonds is 10. The second kappa shape index (κ2) is 10.9. The van der Waals surface area contributed by atoms with E-state index in [1.165, 1.54) is 7.11 Å². The number of hydrogen-bond donors (Lipinski definition) is 0. The predicted molar refractivity (Wildman–Crippen MR) is 135 cm³/mol. The van der Waals surface area contributed by atoms with Gasteiger partial charge in [-0.3, -0.25) is 9.36 Å². The molecule has 1 aromatic heterocycles. The molecule has 0 saturated heterocycles. The van der Waals surface area contributed by atoms with Crippen molar-refractivity contribution in [1.29, 1.82) is 0 Å². The van der Waals surface area contributed by atoms with E-state index in [0.717, 1.165) is 58.7 Å². The van der Waals surface area contributed by atoms with E-state index in [9.17, 15) is 4.79 Å². The molecule has 1 heterocycles. The highest BCUT2D eigenvalue weighted by atomic mass is 32.1. The molecule has 0 unspecified atom stereocenters. The lowest BCUT2D eigenvalue weighted by Gasteiger charge is -2.11. The molecule has 0 amide bonds. The number of imidazole rings is 1. The number of benzene rings is 3. The number of thiocarbonyl (C=S) groups is 1. The van der Waals surface area contributed by atoms with Crippen LogP contribution in [0.4, 0.5) is 0 Å². The molecule has 0 bridgehead atoms. The average molecular weight is 459 g/mol. The molecule has 5 nitrogen and oxygen atoms in total. The van der Waals surface area contributed by atoms with Crippen LogP contribution in [-0.2, 0) is 9.53 Å². The Labute approximate surface area is 199 Å². The smallest absolute Gasteiger partial charge is 0.305 e. The normalized spacial score (nSPS) is 10.8. The van der Waals surface area contributed by atoms with Gasteiger partial charge >= 0.3 is 5.97 Å². The maximum Gasteiger partial charge on any atom is 0.305 e. The molecule has 3 aromatic carbocycles. The molecule has 0 radical (unpaired) electrons. The molecule has 168 valence electrons. The Morgan fingerprint density at radius 1 is 1.00 bits per heavy atom. The summed E-state index contributed by atoms with van der Waals surface area (Å²) in [6, 6.07) is 24.3. The van der Waals surface area contributed by atoms with Gasteiger partial charge in [-0.05, 0) is 49.1 Å². The highest BCUT2D eigenvalue weighted by molar-refractivity contribution is 7.79. The van der Waals surface area contributed by atoms with E-state index in [1.54, 1.807) is 5.37 Å². The van der Waals surface area contributed by atoms with Crippen molar-refractivity contribution in [2.45, 2.75) is 25.7 Å². The second-order valence-corrected chi connectivity index (χ2v) is 7.97. The van der Waals surface area contributed by atoms with Crippen LogP contribution in [0, 0.1) is 0 Å². The summed E-state index contributed by atoms with van der Waals surface area (Å²) in [6.45, 7) is 0.593. The van der Waals surface area contributed by atoms with Gasteiger partial charge in [0.25, 0.3) is 0 Å². The molecule has 0 aliphatic heterocycles. The van der Waals surface area contributed by atoms with E-state index >= 15 is 0 Å². The topological polar surface area (TPSA) is 53.4 Å². The van der Waals surface area contributed by atoms with Crippen LogP contribution in [0.1, 0.15) is 31.2 Å². The Morgan fingerprint density at radius 2 is 1.79 bits per heavy atom. The maximum atomic E-state index is 11.2. The molecular formula is C27H26N2O3S. The van der Waals surface area contributed by atoms with Crippen LogP contribution in [0.3, 0.4) is 0 Å². The maximum absolute atomic E-state index is 11.2. The van der Waals surface area contributed by atoms with Crippen molar-refractivity contribution in [3.8, 4) is 22.8 Å². The van der Waals surface area contributed by atoms with Crippen LogP contribution in [-0.4, -0.2) is 34.6 Å². The number of hydrogen-bond acceptors (Lipinski definition) is 5. The summed E-state index contributed by atoms with van der Waals surface area (Å²) in [4.78, 5) is 16.1. The lowest BCUT2D eigenvalue weighted by Crippen LogP contribution is -2.01. The van der Waals surface area contributed by atoms with Gasteiger partial charge in [0.1, 0.15) is 11.6 Å². The second-order valence-electron chi connectivity index (χ2n) is 7.73. The molecule has 6 heteroatoms. The zero-order valence-electron chi connectivity index (χ0n) is 18.6. The van der Waals surface area contributed by atoms with Crippen LogP contribution in [0.15, 0.2) is 72.8 Å². The number of esters is 1. The Kier molecular flexibility index (Phi) is 7.47. The minimum absolute atomic E-state index is 0.164. The van der Waals surface area contributed by atoms with Gasteiger partial charge in [0.15, 0.2) is 0 Å². The molecule has 0 N–H and O–H groups in total. The Balaban J connectivity index is 1.60. The van der Waals surface area contributed by atoms with Gasteiger partial charge in [0.2, 0.25) is 0 Å². The van der Waals surface area contributed by atoms with Crippen LogP contribution >= 0.6 is 12.2 Å². The Hall–Kier alpha value is -3.51. The third-order valence-electron chi connectivity index (χ3n) is 5.47. The first-order chi connectivity index (χ1) is 16.2. The molecule has 0 aliphatic rings. The predicted octanol–water partition coefficient (Wildman–Crippen LogP) is 6.15. The van der Waals surface area contributed by atoms with Gasteiger partial charge in [-0.25, -0.2) is 4.98 Å². The Morgan fingerprint density at radius 3 is 2.52 bits per heavy atom. The van der Waals surface area contributed by atoms with E-state index in [0.29, 0.717) is 13.0 Å². The lowest BCUT2D eigenvalue weighted by molar-refractivity contribution is -0.140. The summed E-state index contributed by atoms with van der Waals surface area (Å²) in [7, 11) is 1.42. The van der Waals surface area contributed by atoms with Gasteiger partial charge in [0.05, 0.1) is 24.8 Å². The minimum atomic E-state index is -0.164. The largest absolute Gasteiger partial charge is 0.494 e. The third kappa shape index (κ3) is 5.46. The van der Waals surface area contributed by atoms with E-state index in [1.807, 2.05) is 48.5 Å². The number of methoxy groups -OCH3 is 1. The number of carbonyl (C=O) groups excluding carboxylic acids is 1. The number of unbranched alkanes of at least 4 members (excludes halogenated alkanes) is 2. The van der Waals surface area contributed by atoms with Crippen molar-refractivity contribution in [3.63, 3.8) is 0 Å². The molecule has 33 heavy (non-hydrogen) atoms. The molecule has 0 fully saturated rings. The standard InChI is InChI=1S/C27H26N2O3S/c1-31-26(30)10-6-3-7-17-32-23-15-16-24-25(18-23)29(22-13-11-20(19-33)12-14-22)27(28-24)21-8-4-2-5-9-21/h2,4-5,8-9,11-16,18-19H,3,6-7,10,17H2,1H3. The Bertz CT molecular complexity index is 1230. The molecule has 0 saturated carbocycles. The molecule has 0 spiro atoms. The number of aromatic nitrogens is 2. The molecule has 0 atom stereocenters. The van der Waals surface area contributed by atoms with Crippen molar-refractivity contribution in [1.82, 2.24) is 9.55 Å². The van der Waals surface area contributed by atoms with E-state index in [2.05, 4.69) is 33.6 Å². The van der Waals surface area contributed by atoms with Crippen molar-refractivity contribution in [2.24, 2.45) is 0 Å². The average Bonchev–Trinajstić information content (AvgIpc) is 3.25. The highest BCUT2D eigenvalue weighted by Gasteiger charge is 2.15. The molecular weight excluding hydrogens is 432 g/mol. The van der Waals surface area contributed by atoms with Crippen molar-refractivity contribution >= 4 is 34.6 Å². The third-order valence-corrected chi connectivity index (χ3v) is 5.74. The summed E-state index contributed by atoms with van der Waals surface area (Å²) in [5, 5.41) is 1.67. The van der Waals surface area contributed by atoms with Crippen LogP contribution < -0.4 is 4.74 Å². The number of ether oxygens (including phenoxy) is 2. The molecule has 0 aliphatic carbocycles. The fourth-order valence-corrected chi connectivity index (χ4v) is 3.89. The summed E-state index contributed by atoms with van der Waals surface area (Å²) in [6.07, 6.45) is 3.05. The SMILES string of the molecule is COC(=O)CCCCCOc1ccc2nc(-c3ccccc3)n(-c3ccc(C=S)cc3)c2c1. The molecule has 4 aromatic rings. The fraction of sp³-hybridized carbons (Fsp3) is 0.222.